The van der Waals surface area contributed by atoms with Crippen molar-refractivity contribution in [1.29, 1.82) is 5.41 Å². The Hall–Kier alpha value is -4.47. The molecule has 1 aliphatic rings. The van der Waals surface area contributed by atoms with E-state index < -0.39 is 6.04 Å². The lowest BCUT2D eigenvalue weighted by atomic mass is 9.94. The molecule has 162 valence electrons. The number of carbonyl (C=O) groups is 2. The second-order valence-corrected chi connectivity index (χ2v) is 7.29. The molecule has 0 fully saturated rings. The number of carbonyl (C=O) groups excluding carboxylic acids is 2. The van der Waals surface area contributed by atoms with E-state index in [-0.39, 0.29) is 11.9 Å². The standard InChI is InChI=1S/C22H22N8O2/c1-13-19(21(31)27-16-5-8-18-15(9-16)10-25-29-18)20(28-22(32)26-13)14-3-6-17(7-4-14)30(2)12-24-11-23/h3-12,20,23H,1-2H3,(H,25,29)(H,27,31)(H2,26,28,32)/b23-11?,24-12-. The number of fused-ring (bicyclic) bond motifs is 1. The molecule has 0 aliphatic carbocycles. The van der Waals surface area contributed by atoms with Gasteiger partial charge >= 0.3 is 6.03 Å². The number of H-pyrrole nitrogens is 1. The SMILES string of the molecule is CC1=C(C(=O)Nc2ccc3[nH]ncc3c2)C(c2ccc(N(C)/C=N\C=N)cc2)NC(=O)N1. The van der Waals surface area contributed by atoms with E-state index in [0.29, 0.717) is 17.0 Å². The van der Waals surface area contributed by atoms with Crippen molar-refractivity contribution in [3.8, 4) is 0 Å². The molecule has 2 aromatic carbocycles. The molecule has 4 rings (SSSR count). The number of urea groups is 1. The number of nitrogens with one attached hydrogen (secondary N) is 5. The summed E-state index contributed by atoms with van der Waals surface area (Å²) < 4.78 is 0. The molecule has 0 saturated heterocycles. The van der Waals surface area contributed by atoms with E-state index in [1.165, 1.54) is 6.34 Å². The predicted octanol–water partition coefficient (Wildman–Crippen LogP) is 2.90. The van der Waals surface area contributed by atoms with Crippen molar-refractivity contribution in [1.82, 2.24) is 20.8 Å². The normalized spacial score (nSPS) is 16.1. The maximum Gasteiger partial charge on any atom is 0.319 e. The molecule has 2 heterocycles. The fourth-order valence-electron chi connectivity index (χ4n) is 3.57. The number of hydrogen-bond acceptors (Lipinski definition) is 4. The molecular formula is C22H22N8O2. The number of aromatic amines is 1. The van der Waals surface area contributed by atoms with E-state index in [2.05, 4.69) is 31.1 Å². The van der Waals surface area contributed by atoms with Crippen molar-refractivity contribution in [2.45, 2.75) is 13.0 Å². The maximum atomic E-state index is 13.2. The zero-order chi connectivity index (χ0) is 22.7. The summed E-state index contributed by atoms with van der Waals surface area (Å²) in [7, 11) is 1.81. The van der Waals surface area contributed by atoms with Gasteiger partial charge in [0.1, 0.15) is 6.34 Å². The van der Waals surface area contributed by atoms with E-state index in [1.807, 2.05) is 43.4 Å². The van der Waals surface area contributed by atoms with Gasteiger partial charge in [-0.15, -0.1) is 0 Å². The highest BCUT2D eigenvalue weighted by atomic mass is 16.2. The first-order chi connectivity index (χ1) is 15.5. The zero-order valence-electron chi connectivity index (χ0n) is 17.5. The van der Waals surface area contributed by atoms with Gasteiger partial charge in [-0.3, -0.25) is 15.3 Å². The van der Waals surface area contributed by atoms with Crippen LogP contribution < -0.4 is 20.9 Å². The first-order valence-corrected chi connectivity index (χ1v) is 9.84. The molecular weight excluding hydrogens is 408 g/mol. The molecule has 0 radical (unpaired) electrons. The quantitative estimate of drug-likeness (QED) is 0.303. The van der Waals surface area contributed by atoms with E-state index >= 15 is 0 Å². The predicted molar refractivity (Wildman–Crippen MR) is 124 cm³/mol. The third kappa shape index (κ3) is 4.19. The second kappa shape index (κ2) is 8.72. The second-order valence-electron chi connectivity index (χ2n) is 7.29. The van der Waals surface area contributed by atoms with E-state index in [9.17, 15) is 9.59 Å². The molecule has 32 heavy (non-hydrogen) atoms. The molecule has 1 aliphatic heterocycles. The minimum Gasteiger partial charge on any atom is -0.335 e. The number of amides is 3. The molecule has 10 nitrogen and oxygen atoms in total. The highest BCUT2D eigenvalue weighted by Gasteiger charge is 2.31. The first-order valence-electron chi connectivity index (χ1n) is 9.84. The first kappa shape index (κ1) is 20.8. The Morgan fingerprint density at radius 3 is 2.78 bits per heavy atom. The number of allylic oxidation sites excluding steroid dienone is 1. The van der Waals surface area contributed by atoms with Gasteiger partial charge < -0.3 is 20.9 Å². The van der Waals surface area contributed by atoms with Crippen LogP contribution in [-0.2, 0) is 4.79 Å². The summed E-state index contributed by atoms with van der Waals surface area (Å²) in [5, 5.41) is 23.2. The Morgan fingerprint density at radius 1 is 1.25 bits per heavy atom. The van der Waals surface area contributed by atoms with Crippen molar-refractivity contribution in [2.75, 3.05) is 17.3 Å². The summed E-state index contributed by atoms with van der Waals surface area (Å²) in [6.45, 7) is 1.70. The molecule has 1 aromatic heterocycles. The van der Waals surface area contributed by atoms with Crippen LogP contribution >= 0.6 is 0 Å². The lowest BCUT2D eigenvalue weighted by Crippen LogP contribution is -2.45. The molecule has 0 bridgehead atoms. The maximum absolute atomic E-state index is 13.2. The van der Waals surface area contributed by atoms with Gasteiger partial charge in [-0.25, -0.2) is 9.79 Å². The van der Waals surface area contributed by atoms with Gasteiger partial charge in [0.25, 0.3) is 5.91 Å². The van der Waals surface area contributed by atoms with Crippen LogP contribution in [0.5, 0.6) is 0 Å². The van der Waals surface area contributed by atoms with Crippen LogP contribution in [0.3, 0.4) is 0 Å². The highest BCUT2D eigenvalue weighted by molar-refractivity contribution is 6.07. The van der Waals surface area contributed by atoms with Gasteiger partial charge in [0.05, 0.1) is 29.7 Å². The lowest BCUT2D eigenvalue weighted by Gasteiger charge is -2.29. The van der Waals surface area contributed by atoms with Crippen LogP contribution in [0.2, 0.25) is 0 Å². The van der Waals surface area contributed by atoms with Crippen LogP contribution in [-0.4, -0.2) is 41.9 Å². The summed E-state index contributed by atoms with van der Waals surface area (Å²) in [6, 6.07) is 11.9. The van der Waals surface area contributed by atoms with Gasteiger partial charge in [0.2, 0.25) is 0 Å². The number of aliphatic imine (C=N–C) groups is 1. The Kier molecular flexibility index (Phi) is 5.67. The van der Waals surface area contributed by atoms with Crippen LogP contribution in [0.1, 0.15) is 18.5 Å². The van der Waals surface area contributed by atoms with Crippen molar-refractivity contribution in [2.24, 2.45) is 4.99 Å². The van der Waals surface area contributed by atoms with Crippen molar-refractivity contribution >= 4 is 46.9 Å². The van der Waals surface area contributed by atoms with Crippen LogP contribution in [0.15, 0.2) is 64.9 Å². The van der Waals surface area contributed by atoms with E-state index in [1.54, 1.807) is 24.1 Å². The number of aromatic nitrogens is 2. The van der Waals surface area contributed by atoms with E-state index in [4.69, 9.17) is 5.41 Å². The summed E-state index contributed by atoms with van der Waals surface area (Å²) in [4.78, 5) is 30.9. The minimum absolute atomic E-state index is 0.317. The van der Waals surface area contributed by atoms with Crippen molar-refractivity contribution < 1.29 is 9.59 Å². The summed E-state index contributed by atoms with van der Waals surface area (Å²) in [5.41, 5.74) is 4.01. The van der Waals surface area contributed by atoms with Crippen LogP contribution in [0.4, 0.5) is 16.2 Å². The number of benzene rings is 2. The summed E-state index contributed by atoms with van der Waals surface area (Å²) in [5.74, 6) is -0.317. The molecule has 3 aromatic rings. The molecule has 0 spiro atoms. The average Bonchev–Trinajstić information content (AvgIpc) is 3.25. The zero-order valence-corrected chi connectivity index (χ0v) is 17.5. The van der Waals surface area contributed by atoms with Gasteiger partial charge in [-0.05, 0) is 42.8 Å². The molecule has 5 N–H and O–H groups in total. The highest BCUT2D eigenvalue weighted by Crippen LogP contribution is 2.29. The molecule has 0 saturated carbocycles. The molecule has 1 atom stereocenters. The fourth-order valence-corrected chi connectivity index (χ4v) is 3.57. The topological polar surface area (TPSA) is 138 Å². The van der Waals surface area contributed by atoms with Gasteiger partial charge in [-0.1, -0.05) is 12.1 Å². The lowest BCUT2D eigenvalue weighted by molar-refractivity contribution is -0.113. The smallest absolute Gasteiger partial charge is 0.319 e. The average molecular weight is 430 g/mol. The number of anilines is 2. The van der Waals surface area contributed by atoms with Crippen molar-refractivity contribution in [3.63, 3.8) is 0 Å². The Labute approximate surface area is 183 Å². The number of hydrogen-bond donors (Lipinski definition) is 5. The fraction of sp³-hybridized carbons (Fsp3) is 0.136. The summed E-state index contributed by atoms with van der Waals surface area (Å²) in [6.07, 6.45) is 4.17. The van der Waals surface area contributed by atoms with Crippen LogP contribution in [0, 0.1) is 5.41 Å². The van der Waals surface area contributed by atoms with Crippen LogP contribution in [0.25, 0.3) is 10.9 Å². The third-order valence-electron chi connectivity index (χ3n) is 5.16. The van der Waals surface area contributed by atoms with Gasteiger partial charge in [0.15, 0.2) is 0 Å². The molecule has 10 heteroatoms. The van der Waals surface area contributed by atoms with E-state index in [0.717, 1.165) is 28.5 Å². The Balaban J connectivity index is 1.61. The van der Waals surface area contributed by atoms with Crippen molar-refractivity contribution in [3.05, 3.63) is 65.5 Å². The Bertz CT molecular complexity index is 1240. The Morgan fingerprint density at radius 2 is 2.03 bits per heavy atom. The molecule has 3 amide bonds. The number of nitrogens with zero attached hydrogens (tertiary/aromatic N) is 3. The van der Waals surface area contributed by atoms with Gasteiger partial charge in [0, 0.05) is 29.5 Å². The third-order valence-corrected chi connectivity index (χ3v) is 5.16. The largest absolute Gasteiger partial charge is 0.335 e. The number of rotatable bonds is 6. The minimum atomic E-state index is -0.615. The summed E-state index contributed by atoms with van der Waals surface area (Å²) >= 11 is 0. The molecule has 1 unspecified atom stereocenters. The monoisotopic (exact) mass is 430 g/mol. The van der Waals surface area contributed by atoms with Gasteiger partial charge in [-0.2, -0.15) is 5.10 Å².